The molecule has 1 saturated heterocycles. The first-order valence-corrected chi connectivity index (χ1v) is 13.2. The number of fused-ring (bicyclic) bond motifs is 2. The van der Waals surface area contributed by atoms with Crippen molar-refractivity contribution in [3.05, 3.63) is 94.3 Å². The topological polar surface area (TPSA) is 132 Å². The Bertz CT molecular complexity index is 1840. The second-order valence-electron chi connectivity index (χ2n) is 9.78. The molecule has 2 aromatic carbocycles. The highest BCUT2D eigenvalue weighted by Gasteiger charge is 2.25. The fourth-order valence-electron chi connectivity index (χ4n) is 5.07. The van der Waals surface area contributed by atoms with Crippen LogP contribution in [0.15, 0.2) is 71.8 Å². The van der Waals surface area contributed by atoms with Gasteiger partial charge in [-0.05, 0) is 63.2 Å². The summed E-state index contributed by atoms with van der Waals surface area (Å²) >= 11 is 0. The van der Waals surface area contributed by atoms with E-state index in [0.29, 0.717) is 33.6 Å². The lowest BCUT2D eigenvalue weighted by Gasteiger charge is -2.20. The van der Waals surface area contributed by atoms with Gasteiger partial charge in [0.05, 0.1) is 22.6 Å². The third kappa shape index (κ3) is 4.67. The largest absolute Gasteiger partial charge is 0.381 e. The molecule has 0 spiro atoms. The number of nitrogens with two attached hydrogens (primary N) is 1. The van der Waals surface area contributed by atoms with E-state index in [1.54, 1.807) is 36.0 Å². The van der Waals surface area contributed by atoms with E-state index in [9.17, 15) is 9.59 Å². The number of aromatic nitrogens is 5. The monoisotopic (exact) mass is 532 g/mol. The minimum atomic E-state index is -0.660. The molecule has 4 heterocycles. The van der Waals surface area contributed by atoms with Gasteiger partial charge < -0.3 is 16.4 Å². The molecule has 0 bridgehead atoms. The van der Waals surface area contributed by atoms with E-state index in [4.69, 9.17) is 10.7 Å². The molecule has 6 rings (SSSR count). The number of carbonyl (C=O) groups is 1. The van der Waals surface area contributed by atoms with E-state index in [0.717, 1.165) is 25.9 Å². The highest BCUT2D eigenvalue weighted by molar-refractivity contribution is 6.04. The molecule has 1 aliphatic rings. The minimum Gasteiger partial charge on any atom is -0.381 e. The number of para-hydroxylation sites is 1. The highest BCUT2D eigenvalue weighted by atomic mass is 16.2. The molecular formula is C30H28N8O2. The van der Waals surface area contributed by atoms with Gasteiger partial charge in [-0.15, -0.1) is 5.10 Å². The maximum atomic E-state index is 14.2. The number of hydrogen-bond donors (Lipinski definition) is 3. The summed E-state index contributed by atoms with van der Waals surface area (Å²) in [6, 6.07) is 15.8. The van der Waals surface area contributed by atoms with E-state index in [2.05, 4.69) is 32.6 Å². The smallest absolute Gasteiger partial charge is 0.267 e. The number of amides is 1. The van der Waals surface area contributed by atoms with Gasteiger partial charge in [-0.25, -0.2) is 14.5 Å². The van der Waals surface area contributed by atoms with Gasteiger partial charge in [0.1, 0.15) is 11.4 Å². The van der Waals surface area contributed by atoms with Crippen LogP contribution in [0.25, 0.3) is 22.2 Å². The van der Waals surface area contributed by atoms with Crippen LogP contribution in [-0.4, -0.2) is 43.1 Å². The van der Waals surface area contributed by atoms with Crippen molar-refractivity contribution >= 4 is 28.3 Å². The molecule has 1 fully saturated rings. The lowest BCUT2D eigenvalue weighted by Crippen LogP contribution is -2.33. The second kappa shape index (κ2) is 10.6. The SMILES string of the molecule is C[C@@H](NC(=O)c1c(N)nn2cccnc12)c1nc2cccc(C#CC3CCNCC3)c2c(=O)n1-c1ccccc1. The zero-order valence-corrected chi connectivity index (χ0v) is 22.0. The molecule has 1 atom stereocenters. The molecule has 0 aliphatic carbocycles. The molecule has 5 aromatic rings. The molecule has 1 aliphatic heterocycles. The number of rotatable bonds is 4. The van der Waals surface area contributed by atoms with Crippen molar-refractivity contribution in [3.63, 3.8) is 0 Å². The minimum absolute atomic E-state index is 0.0623. The average Bonchev–Trinajstić information content (AvgIpc) is 3.32. The predicted octanol–water partition coefficient (Wildman–Crippen LogP) is 2.85. The number of hydrogen-bond acceptors (Lipinski definition) is 7. The van der Waals surface area contributed by atoms with Crippen LogP contribution in [0.5, 0.6) is 0 Å². The molecular weight excluding hydrogens is 504 g/mol. The van der Waals surface area contributed by atoms with Crippen LogP contribution in [0.4, 0.5) is 5.82 Å². The van der Waals surface area contributed by atoms with Crippen LogP contribution < -0.4 is 21.9 Å². The van der Waals surface area contributed by atoms with Gasteiger partial charge in [0.2, 0.25) is 0 Å². The molecule has 10 heteroatoms. The van der Waals surface area contributed by atoms with Crippen LogP contribution >= 0.6 is 0 Å². The fraction of sp³-hybridized carbons (Fsp3) is 0.233. The fourth-order valence-corrected chi connectivity index (χ4v) is 5.07. The number of carbonyl (C=O) groups excluding carboxylic acids is 1. The Hall–Kier alpha value is -5.01. The molecule has 200 valence electrons. The van der Waals surface area contributed by atoms with Crippen molar-refractivity contribution in [2.75, 3.05) is 18.8 Å². The first kappa shape index (κ1) is 25.3. The Morgan fingerprint density at radius 2 is 1.93 bits per heavy atom. The average molecular weight is 533 g/mol. The van der Waals surface area contributed by atoms with Crippen LogP contribution in [0.1, 0.15) is 47.6 Å². The molecule has 3 aromatic heterocycles. The number of nitrogens with one attached hydrogen (secondary N) is 2. The summed E-state index contributed by atoms with van der Waals surface area (Å²) in [6.07, 6.45) is 5.21. The van der Waals surface area contributed by atoms with Crippen LogP contribution in [0.2, 0.25) is 0 Å². The Balaban J connectivity index is 1.45. The summed E-state index contributed by atoms with van der Waals surface area (Å²) in [5, 5.41) is 10.9. The van der Waals surface area contributed by atoms with Crippen LogP contribution in [-0.2, 0) is 0 Å². The Morgan fingerprint density at radius 3 is 2.73 bits per heavy atom. The first-order chi connectivity index (χ1) is 19.5. The molecule has 0 saturated carbocycles. The summed E-state index contributed by atoms with van der Waals surface area (Å²) in [7, 11) is 0. The number of piperidine rings is 1. The number of nitrogen functional groups attached to an aromatic ring is 1. The molecule has 40 heavy (non-hydrogen) atoms. The summed E-state index contributed by atoms with van der Waals surface area (Å²) < 4.78 is 3.00. The summed E-state index contributed by atoms with van der Waals surface area (Å²) in [6.45, 7) is 3.67. The Kier molecular flexibility index (Phi) is 6.72. The van der Waals surface area contributed by atoms with Crippen molar-refractivity contribution in [1.82, 2.24) is 34.8 Å². The molecule has 1 amide bonds. The summed E-state index contributed by atoms with van der Waals surface area (Å²) in [5.41, 5.74) is 8.12. The summed E-state index contributed by atoms with van der Waals surface area (Å²) in [4.78, 5) is 36.7. The van der Waals surface area contributed by atoms with E-state index < -0.39 is 11.9 Å². The van der Waals surface area contributed by atoms with Gasteiger partial charge in [0.25, 0.3) is 11.5 Å². The van der Waals surface area contributed by atoms with Crippen molar-refractivity contribution in [2.24, 2.45) is 5.92 Å². The molecule has 0 radical (unpaired) electrons. The van der Waals surface area contributed by atoms with Gasteiger partial charge in [0, 0.05) is 23.9 Å². The number of anilines is 1. The zero-order chi connectivity index (χ0) is 27.6. The lowest BCUT2D eigenvalue weighted by molar-refractivity contribution is 0.0940. The third-order valence-electron chi connectivity index (χ3n) is 7.07. The van der Waals surface area contributed by atoms with Gasteiger partial charge in [-0.2, -0.15) is 0 Å². The molecule has 10 nitrogen and oxygen atoms in total. The lowest BCUT2D eigenvalue weighted by atomic mass is 9.98. The zero-order valence-electron chi connectivity index (χ0n) is 22.0. The van der Waals surface area contributed by atoms with Crippen LogP contribution in [0, 0.1) is 17.8 Å². The second-order valence-corrected chi connectivity index (χ2v) is 9.78. The van der Waals surface area contributed by atoms with E-state index in [-0.39, 0.29) is 22.9 Å². The van der Waals surface area contributed by atoms with Crippen molar-refractivity contribution in [1.29, 1.82) is 0 Å². The van der Waals surface area contributed by atoms with Crippen LogP contribution in [0.3, 0.4) is 0 Å². The van der Waals surface area contributed by atoms with E-state index in [1.807, 2.05) is 42.5 Å². The number of benzene rings is 2. The quantitative estimate of drug-likeness (QED) is 0.303. The van der Waals surface area contributed by atoms with Crippen molar-refractivity contribution < 1.29 is 4.79 Å². The van der Waals surface area contributed by atoms with Gasteiger partial charge in [0.15, 0.2) is 11.5 Å². The predicted molar refractivity (Wildman–Crippen MR) is 153 cm³/mol. The van der Waals surface area contributed by atoms with Gasteiger partial charge in [-0.3, -0.25) is 14.2 Å². The van der Waals surface area contributed by atoms with Crippen molar-refractivity contribution in [3.8, 4) is 17.5 Å². The highest BCUT2D eigenvalue weighted by Crippen LogP contribution is 2.22. The third-order valence-corrected chi connectivity index (χ3v) is 7.07. The number of nitrogens with zero attached hydrogens (tertiary/aromatic N) is 5. The van der Waals surface area contributed by atoms with Crippen molar-refractivity contribution in [2.45, 2.75) is 25.8 Å². The molecule has 4 N–H and O–H groups in total. The molecule has 0 unspecified atom stereocenters. The Labute approximate surface area is 230 Å². The maximum absolute atomic E-state index is 14.2. The normalized spacial score (nSPS) is 14.5. The Morgan fingerprint density at radius 1 is 1.12 bits per heavy atom. The maximum Gasteiger partial charge on any atom is 0.267 e. The van der Waals surface area contributed by atoms with Gasteiger partial charge in [-0.1, -0.05) is 36.1 Å². The van der Waals surface area contributed by atoms with E-state index in [1.165, 1.54) is 4.52 Å². The first-order valence-electron chi connectivity index (χ1n) is 13.2. The van der Waals surface area contributed by atoms with Gasteiger partial charge >= 0.3 is 0 Å². The van der Waals surface area contributed by atoms with E-state index >= 15 is 0 Å². The summed E-state index contributed by atoms with van der Waals surface area (Å²) in [5.74, 6) is 6.90. The standard InChI is InChI=1S/C30H28N8O2/c1-19(34-29(39)25-26(31)36-37-18-6-15-33-28(25)37)27-35-23-10-5-7-21(12-11-20-13-16-32-17-14-20)24(23)30(40)38(27)22-8-3-2-4-9-22/h2-10,15,18-20,32H,13-14,16-17H2,1H3,(H2,31,36)(H,34,39)/t19-/m1/s1.